The van der Waals surface area contributed by atoms with Gasteiger partial charge >= 0.3 is 0 Å². The molecule has 1 unspecified atom stereocenters. The molecule has 2 amide bonds. The number of nitrogens with zero attached hydrogens (tertiary/aromatic N) is 3. The molecule has 0 bridgehead atoms. The second kappa shape index (κ2) is 9.04. The van der Waals surface area contributed by atoms with E-state index in [4.69, 9.17) is 14.7 Å². The van der Waals surface area contributed by atoms with Gasteiger partial charge in [-0.25, -0.2) is 9.97 Å². The van der Waals surface area contributed by atoms with Gasteiger partial charge in [0.2, 0.25) is 11.8 Å². The predicted octanol–water partition coefficient (Wildman–Crippen LogP) is 2.48. The van der Waals surface area contributed by atoms with Gasteiger partial charge in [0.05, 0.1) is 20.0 Å². The van der Waals surface area contributed by atoms with Gasteiger partial charge in [-0.15, -0.1) is 0 Å². The van der Waals surface area contributed by atoms with Crippen molar-refractivity contribution >= 4 is 11.8 Å². The summed E-state index contributed by atoms with van der Waals surface area (Å²) in [7, 11) is 1.63. The molecule has 1 aromatic heterocycles. The van der Waals surface area contributed by atoms with Crippen LogP contribution in [-0.2, 0) is 22.4 Å². The van der Waals surface area contributed by atoms with E-state index in [0.29, 0.717) is 32.0 Å². The average Bonchev–Trinajstić information content (AvgIpc) is 3.41. The van der Waals surface area contributed by atoms with Gasteiger partial charge in [0.25, 0.3) is 0 Å². The lowest BCUT2D eigenvalue weighted by molar-refractivity contribution is -0.129. The van der Waals surface area contributed by atoms with Gasteiger partial charge < -0.3 is 15.0 Å². The number of aryl methyl sites for hydroxylation is 2. The molecule has 31 heavy (non-hydrogen) atoms. The zero-order valence-electron chi connectivity index (χ0n) is 18.5. The Hall–Kier alpha value is -2.96. The number of carbonyl (C=O) groups excluding carboxylic acids is 2. The molecule has 2 fully saturated rings. The van der Waals surface area contributed by atoms with E-state index in [0.717, 1.165) is 53.4 Å². The Morgan fingerprint density at radius 1 is 1.13 bits per heavy atom. The summed E-state index contributed by atoms with van der Waals surface area (Å²) in [5, 5.41) is 3.03. The Morgan fingerprint density at radius 2 is 1.87 bits per heavy atom. The molecule has 2 heterocycles. The van der Waals surface area contributed by atoms with Crippen LogP contribution in [-0.4, -0.2) is 52.9 Å². The highest BCUT2D eigenvalue weighted by Crippen LogP contribution is 2.27. The van der Waals surface area contributed by atoms with E-state index in [1.807, 2.05) is 43.0 Å². The minimum atomic E-state index is 0.0419. The molecule has 2 aliphatic rings. The first-order chi connectivity index (χ1) is 14.9. The van der Waals surface area contributed by atoms with Crippen molar-refractivity contribution in [3.8, 4) is 5.75 Å². The molecule has 1 aliphatic carbocycles. The number of amides is 2. The Kier molecular flexibility index (Phi) is 6.20. The summed E-state index contributed by atoms with van der Waals surface area (Å²) in [6.45, 7) is 5.22. The highest BCUT2D eigenvalue weighted by molar-refractivity contribution is 5.80. The van der Waals surface area contributed by atoms with Gasteiger partial charge in [-0.05, 0) is 50.8 Å². The summed E-state index contributed by atoms with van der Waals surface area (Å²) in [5.41, 5.74) is 3.57. The summed E-state index contributed by atoms with van der Waals surface area (Å²) in [6.07, 6.45) is 3.69. The first-order valence-electron chi connectivity index (χ1n) is 11.0. The third-order valence-corrected chi connectivity index (χ3v) is 6.11. The molecular weight excluding hydrogens is 392 g/mol. The van der Waals surface area contributed by atoms with Gasteiger partial charge in [0, 0.05) is 42.0 Å². The highest BCUT2D eigenvalue weighted by Gasteiger charge is 2.30. The Bertz CT molecular complexity index is 964. The summed E-state index contributed by atoms with van der Waals surface area (Å²) in [4.78, 5) is 36.3. The third kappa shape index (κ3) is 5.21. The van der Waals surface area contributed by atoms with Gasteiger partial charge in [-0.3, -0.25) is 9.59 Å². The van der Waals surface area contributed by atoms with Gasteiger partial charge in [0.15, 0.2) is 0 Å². The summed E-state index contributed by atoms with van der Waals surface area (Å²) < 4.78 is 5.25. The number of ether oxygens (including phenoxy) is 1. The molecule has 1 atom stereocenters. The Labute approximate surface area is 183 Å². The molecular formula is C24H30N4O3. The quantitative estimate of drug-likeness (QED) is 0.741. The molecule has 7 heteroatoms. The van der Waals surface area contributed by atoms with Crippen LogP contribution in [0.15, 0.2) is 24.3 Å². The van der Waals surface area contributed by atoms with E-state index in [2.05, 4.69) is 5.32 Å². The molecule has 2 aromatic rings. The molecule has 1 N–H and O–H groups in total. The predicted molar refractivity (Wildman–Crippen MR) is 117 cm³/mol. The van der Waals surface area contributed by atoms with Gasteiger partial charge in [-0.1, -0.05) is 12.1 Å². The fraction of sp³-hybridized carbons (Fsp3) is 0.500. The monoisotopic (exact) mass is 422 g/mol. The summed E-state index contributed by atoms with van der Waals surface area (Å²) in [5.74, 6) is 1.81. The molecule has 0 radical (unpaired) electrons. The Balaban J connectivity index is 1.38. The van der Waals surface area contributed by atoms with Crippen LogP contribution in [0, 0.1) is 13.8 Å². The smallest absolute Gasteiger partial charge is 0.227 e. The number of nitrogens with one attached hydrogen (secondary N) is 1. The van der Waals surface area contributed by atoms with E-state index in [1.54, 1.807) is 7.11 Å². The van der Waals surface area contributed by atoms with Crippen LogP contribution in [0.4, 0.5) is 0 Å². The molecule has 164 valence electrons. The minimum absolute atomic E-state index is 0.0419. The van der Waals surface area contributed by atoms with E-state index < -0.39 is 0 Å². The maximum absolute atomic E-state index is 12.8. The van der Waals surface area contributed by atoms with Crippen LogP contribution in [0.2, 0.25) is 0 Å². The minimum Gasteiger partial charge on any atom is -0.497 e. The highest BCUT2D eigenvalue weighted by atomic mass is 16.5. The van der Waals surface area contributed by atoms with Crippen LogP contribution in [0.5, 0.6) is 5.75 Å². The molecule has 0 spiro atoms. The number of rotatable bonds is 7. The van der Waals surface area contributed by atoms with Gasteiger partial charge in [0.1, 0.15) is 11.6 Å². The summed E-state index contributed by atoms with van der Waals surface area (Å²) >= 11 is 0. The largest absolute Gasteiger partial charge is 0.497 e. The molecule has 7 nitrogen and oxygen atoms in total. The number of carbonyl (C=O) groups is 2. The van der Waals surface area contributed by atoms with Crippen molar-refractivity contribution < 1.29 is 14.3 Å². The van der Waals surface area contributed by atoms with Crippen molar-refractivity contribution in [2.75, 3.05) is 20.2 Å². The summed E-state index contributed by atoms with van der Waals surface area (Å²) in [6, 6.07) is 7.98. The van der Waals surface area contributed by atoms with E-state index in [1.165, 1.54) is 0 Å². The molecule has 4 rings (SSSR count). The second-order valence-corrected chi connectivity index (χ2v) is 8.60. The lowest BCUT2D eigenvalue weighted by Crippen LogP contribution is -2.30. The van der Waals surface area contributed by atoms with Crippen molar-refractivity contribution in [1.29, 1.82) is 0 Å². The van der Waals surface area contributed by atoms with Crippen molar-refractivity contribution in [3.63, 3.8) is 0 Å². The zero-order valence-corrected chi connectivity index (χ0v) is 18.5. The lowest BCUT2D eigenvalue weighted by atomic mass is 10.0. The maximum atomic E-state index is 12.8. The van der Waals surface area contributed by atoms with Crippen LogP contribution in [0.3, 0.4) is 0 Å². The first-order valence-corrected chi connectivity index (χ1v) is 11.0. The standard InChI is InChI=1S/C24H30N4O3/c1-15-21(13-22(29)27-19-7-8-19)16(2)26-24(25-15)18-9-10-28(14-18)23(30)12-17-5-4-6-20(11-17)31-3/h4-6,11,18-19H,7-10,12-14H2,1-3H3,(H,27,29). The fourth-order valence-electron chi connectivity index (χ4n) is 4.14. The number of hydrogen-bond donors (Lipinski definition) is 1. The van der Waals surface area contributed by atoms with E-state index >= 15 is 0 Å². The van der Waals surface area contributed by atoms with Crippen LogP contribution >= 0.6 is 0 Å². The second-order valence-electron chi connectivity index (χ2n) is 8.60. The molecule has 1 aromatic carbocycles. The van der Waals surface area contributed by atoms with E-state index in [9.17, 15) is 9.59 Å². The number of aromatic nitrogens is 2. The number of hydrogen-bond acceptors (Lipinski definition) is 5. The van der Waals surface area contributed by atoms with Crippen LogP contribution < -0.4 is 10.1 Å². The molecule has 1 saturated carbocycles. The van der Waals surface area contributed by atoms with E-state index in [-0.39, 0.29) is 17.7 Å². The lowest BCUT2D eigenvalue weighted by Gasteiger charge is -2.17. The van der Waals surface area contributed by atoms with Crippen molar-refractivity contribution in [2.24, 2.45) is 0 Å². The Morgan fingerprint density at radius 3 is 2.55 bits per heavy atom. The van der Waals surface area contributed by atoms with Gasteiger partial charge in [-0.2, -0.15) is 0 Å². The topological polar surface area (TPSA) is 84.4 Å². The normalized spacial score (nSPS) is 18.2. The van der Waals surface area contributed by atoms with Crippen LogP contribution in [0.1, 0.15) is 53.5 Å². The SMILES string of the molecule is COc1cccc(CC(=O)N2CCC(c3nc(C)c(CC(=O)NC4CC4)c(C)n3)C2)c1. The number of benzene rings is 1. The zero-order chi connectivity index (χ0) is 22.0. The maximum Gasteiger partial charge on any atom is 0.227 e. The van der Waals surface area contributed by atoms with Crippen molar-refractivity contribution in [1.82, 2.24) is 20.2 Å². The molecule has 1 saturated heterocycles. The third-order valence-electron chi connectivity index (χ3n) is 6.11. The average molecular weight is 423 g/mol. The van der Waals surface area contributed by atoms with Crippen molar-refractivity contribution in [2.45, 2.75) is 57.9 Å². The number of likely N-dealkylation sites (tertiary alicyclic amines) is 1. The number of methoxy groups -OCH3 is 1. The van der Waals surface area contributed by atoms with Crippen LogP contribution in [0.25, 0.3) is 0 Å². The van der Waals surface area contributed by atoms with Crippen molar-refractivity contribution in [3.05, 3.63) is 52.6 Å². The fourth-order valence-corrected chi connectivity index (χ4v) is 4.14. The first kappa shape index (κ1) is 21.3. The molecule has 1 aliphatic heterocycles.